The second kappa shape index (κ2) is 5.57. The van der Waals surface area contributed by atoms with Gasteiger partial charge >= 0.3 is 0 Å². The molecule has 2 N–H and O–H groups in total. The minimum Gasteiger partial charge on any atom is -0.353 e. The maximum Gasteiger partial charge on any atom is 0.191 e. The van der Waals surface area contributed by atoms with Crippen molar-refractivity contribution in [1.82, 2.24) is 10.6 Å². The Morgan fingerprint density at radius 3 is 2.83 bits per heavy atom. The molecule has 98 valence electrons. The summed E-state index contributed by atoms with van der Waals surface area (Å²) >= 11 is 5.73. The number of halogens is 2. The van der Waals surface area contributed by atoms with Gasteiger partial charge < -0.3 is 10.6 Å². The summed E-state index contributed by atoms with van der Waals surface area (Å²) in [6.45, 7) is 2.77. The van der Waals surface area contributed by atoms with Gasteiger partial charge in [-0.25, -0.2) is 4.39 Å². The molecule has 1 aromatic carbocycles. The molecule has 0 amide bonds. The molecule has 2 rings (SSSR count). The maximum atomic E-state index is 13.0. The molecule has 1 fully saturated rings. The fourth-order valence-corrected chi connectivity index (χ4v) is 1.93. The highest BCUT2D eigenvalue weighted by Crippen LogP contribution is 2.28. The summed E-state index contributed by atoms with van der Waals surface area (Å²) in [6, 6.07) is 5.23. The summed E-state index contributed by atoms with van der Waals surface area (Å²) in [6.07, 6.45) is 1.18. The van der Waals surface area contributed by atoms with E-state index in [1.54, 1.807) is 19.2 Å². The molecule has 0 radical (unpaired) electrons. The van der Waals surface area contributed by atoms with E-state index >= 15 is 0 Å². The minimum absolute atomic E-state index is 0.146. The predicted molar refractivity (Wildman–Crippen MR) is 72.3 cm³/mol. The second-order valence-corrected chi connectivity index (χ2v) is 5.05. The Bertz CT molecular complexity index is 462. The Morgan fingerprint density at radius 2 is 2.28 bits per heavy atom. The first-order valence-corrected chi connectivity index (χ1v) is 6.39. The monoisotopic (exact) mass is 269 g/mol. The van der Waals surface area contributed by atoms with Crippen LogP contribution < -0.4 is 10.6 Å². The highest BCUT2D eigenvalue weighted by Gasteiger charge is 2.33. The average molecular weight is 270 g/mol. The number of guanidine groups is 1. The average Bonchev–Trinajstić information content (AvgIpc) is 3.04. The number of hydrogen-bond acceptors (Lipinski definition) is 1. The van der Waals surface area contributed by atoms with E-state index in [0.717, 1.165) is 11.5 Å². The van der Waals surface area contributed by atoms with E-state index in [1.807, 2.05) is 0 Å². The van der Waals surface area contributed by atoms with Crippen molar-refractivity contribution in [2.24, 2.45) is 10.9 Å². The largest absolute Gasteiger partial charge is 0.353 e. The Morgan fingerprint density at radius 1 is 1.56 bits per heavy atom. The number of hydrogen-bond donors (Lipinski definition) is 2. The highest BCUT2D eigenvalue weighted by atomic mass is 35.5. The fourth-order valence-electron chi connectivity index (χ4n) is 1.73. The van der Waals surface area contributed by atoms with Crippen molar-refractivity contribution in [1.29, 1.82) is 0 Å². The van der Waals surface area contributed by atoms with E-state index < -0.39 is 5.82 Å². The molecule has 1 aliphatic carbocycles. The van der Waals surface area contributed by atoms with Gasteiger partial charge in [-0.3, -0.25) is 4.99 Å². The zero-order valence-corrected chi connectivity index (χ0v) is 11.3. The molecule has 0 saturated heterocycles. The number of nitrogens with one attached hydrogen (secondary N) is 2. The normalized spacial score (nSPS) is 22.8. The molecule has 2 unspecified atom stereocenters. The highest BCUT2D eigenvalue weighted by molar-refractivity contribution is 6.30. The summed E-state index contributed by atoms with van der Waals surface area (Å²) < 4.78 is 13.0. The summed E-state index contributed by atoms with van der Waals surface area (Å²) in [5.74, 6) is 1.09. The topological polar surface area (TPSA) is 36.4 Å². The van der Waals surface area contributed by atoms with Crippen molar-refractivity contribution in [3.05, 3.63) is 34.6 Å². The molecule has 0 aromatic heterocycles. The van der Waals surface area contributed by atoms with Crippen LogP contribution in [0.25, 0.3) is 0 Å². The van der Waals surface area contributed by atoms with Crippen LogP contribution in [0, 0.1) is 11.7 Å². The van der Waals surface area contributed by atoms with Crippen LogP contribution in [-0.2, 0) is 6.54 Å². The van der Waals surface area contributed by atoms with Crippen molar-refractivity contribution in [3.8, 4) is 0 Å². The zero-order valence-electron chi connectivity index (χ0n) is 10.5. The zero-order chi connectivity index (χ0) is 13.1. The summed E-state index contributed by atoms with van der Waals surface area (Å²) in [5.41, 5.74) is 0.924. The third kappa shape index (κ3) is 3.35. The van der Waals surface area contributed by atoms with Gasteiger partial charge in [-0.15, -0.1) is 0 Å². The van der Waals surface area contributed by atoms with Crippen LogP contribution in [0.4, 0.5) is 4.39 Å². The predicted octanol–water partition coefficient (Wildman–Crippen LogP) is 2.55. The van der Waals surface area contributed by atoms with Crippen molar-refractivity contribution in [2.75, 3.05) is 7.05 Å². The first-order valence-electron chi connectivity index (χ1n) is 6.01. The lowest BCUT2D eigenvalue weighted by Gasteiger charge is -2.11. The lowest BCUT2D eigenvalue weighted by Crippen LogP contribution is -2.38. The summed E-state index contributed by atoms with van der Waals surface area (Å²) in [7, 11) is 1.74. The number of nitrogens with zero attached hydrogens (tertiary/aromatic N) is 1. The van der Waals surface area contributed by atoms with Crippen LogP contribution in [0.2, 0.25) is 5.02 Å². The second-order valence-electron chi connectivity index (χ2n) is 4.64. The van der Waals surface area contributed by atoms with Crippen molar-refractivity contribution in [3.63, 3.8) is 0 Å². The Kier molecular flexibility index (Phi) is 4.07. The van der Waals surface area contributed by atoms with Gasteiger partial charge in [0.2, 0.25) is 0 Å². The Balaban J connectivity index is 1.87. The van der Waals surface area contributed by atoms with Crippen molar-refractivity contribution in [2.45, 2.75) is 25.9 Å². The molecule has 1 saturated carbocycles. The summed E-state index contributed by atoms with van der Waals surface area (Å²) in [5, 5.41) is 6.65. The number of benzene rings is 1. The smallest absolute Gasteiger partial charge is 0.191 e. The van der Waals surface area contributed by atoms with Gasteiger partial charge in [-0.05, 0) is 30.0 Å². The molecule has 1 aromatic rings. The maximum absolute atomic E-state index is 13.0. The molecule has 0 heterocycles. The number of rotatable bonds is 3. The van der Waals surface area contributed by atoms with Crippen LogP contribution in [-0.4, -0.2) is 19.0 Å². The van der Waals surface area contributed by atoms with Crippen LogP contribution in [0.3, 0.4) is 0 Å². The van der Waals surface area contributed by atoms with E-state index in [9.17, 15) is 4.39 Å². The first kappa shape index (κ1) is 13.1. The van der Waals surface area contributed by atoms with Gasteiger partial charge in [0.25, 0.3) is 0 Å². The van der Waals surface area contributed by atoms with E-state index in [2.05, 4.69) is 22.5 Å². The molecule has 0 spiro atoms. The van der Waals surface area contributed by atoms with E-state index in [0.29, 0.717) is 18.5 Å². The molecular weight excluding hydrogens is 253 g/mol. The van der Waals surface area contributed by atoms with Gasteiger partial charge in [0.15, 0.2) is 5.96 Å². The van der Waals surface area contributed by atoms with Crippen LogP contribution in [0.15, 0.2) is 23.2 Å². The number of aliphatic imine (C=N–C) groups is 1. The van der Waals surface area contributed by atoms with Crippen LogP contribution in [0.5, 0.6) is 0 Å². The molecular formula is C13H17ClFN3. The van der Waals surface area contributed by atoms with E-state index in [-0.39, 0.29) is 5.02 Å². The van der Waals surface area contributed by atoms with Crippen LogP contribution >= 0.6 is 11.6 Å². The minimum atomic E-state index is -0.394. The Hall–Kier alpha value is -1.29. The summed E-state index contributed by atoms with van der Waals surface area (Å²) in [4.78, 5) is 4.15. The molecule has 0 bridgehead atoms. The molecule has 2 atom stereocenters. The molecule has 1 aliphatic rings. The standard InChI is InChI=1S/C13H17ClFN3/c1-8-5-12(8)18-13(16-2)17-7-9-3-4-11(15)10(14)6-9/h3-4,6,8,12H,5,7H2,1-2H3,(H2,16,17,18). The first-order chi connectivity index (χ1) is 8.60. The van der Waals surface area contributed by atoms with Crippen LogP contribution in [0.1, 0.15) is 18.9 Å². The lowest BCUT2D eigenvalue weighted by molar-refractivity contribution is 0.627. The van der Waals surface area contributed by atoms with E-state index in [1.165, 1.54) is 12.5 Å². The van der Waals surface area contributed by atoms with E-state index in [4.69, 9.17) is 11.6 Å². The molecule has 5 heteroatoms. The quantitative estimate of drug-likeness (QED) is 0.654. The molecule has 18 heavy (non-hydrogen) atoms. The van der Waals surface area contributed by atoms with Gasteiger partial charge in [-0.1, -0.05) is 24.6 Å². The van der Waals surface area contributed by atoms with Gasteiger partial charge in [0.05, 0.1) is 5.02 Å². The third-order valence-electron chi connectivity index (χ3n) is 3.10. The van der Waals surface area contributed by atoms with Gasteiger partial charge in [0.1, 0.15) is 5.82 Å². The van der Waals surface area contributed by atoms with Gasteiger partial charge in [-0.2, -0.15) is 0 Å². The van der Waals surface area contributed by atoms with Crippen molar-refractivity contribution < 1.29 is 4.39 Å². The molecule has 3 nitrogen and oxygen atoms in total. The third-order valence-corrected chi connectivity index (χ3v) is 3.39. The SMILES string of the molecule is CN=C(NCc1ccc(F)c(Cl)c1)NC1CC1C. The Labute approximate surface area is 111 Å². The lowest BCUT2D eigenvalue weighted by atomic mass is 10.2. The fraction of sp³-hybridized carbons (Fsp3) is 0.462. The molecule has 0 aliphatic heterocycles. The van der Waals surface area contributed by atoms with Crippen molar-refractivity contribution >= 4 is 17.6 Å². The van der Waals surface area contributed by atoms with Gasteiger partial charge in [0, 0.05) is 19.6 Å².